The predicted molar refractivity (Wildman–Crippen MR) is 78.8 cm³/mol. The monoisotopic (exact) mass is 317 g/mol. The molecule has 0 radical (unpaired) electrons. The molecule has 0 spiro atoms. The highest BCUT2D eigenvalue weighted by Crippen LogP contribution is 2.27. The molecule has 0 aliphatic heterocycles. The van der Waals surface area contributed by atoms with E-state index in [-0.39, 0.29) is 11.4 Å². The molecule has 0 aliphatic carbocycles. The third-order valence-corrected chi connectivity index (χ3v) is 3.79. The first-order valence-corrected chi connectivity index (χ1v) is 7.11. The van der Waals surface area contributed by atoms with Gasteiger partial charge in [-0.15, -0.1) is 11.3 Å². The highest BCUT2D eigenvalue weighted by Gasteiger charge is 2.24. The summed E-state index contributed by atoms with van der Waals surface area (Å²) in [5.41, 5.74) is 0.501. The summed E-state index contributed by atoms with van der Waals surface area (Å²) in [6, 6.07) is 7.65. The van der Waals surface area contributed by atoms with Crippen LogP contribution in [0.3, 0.4) is 0 Å². The molecule has 112 valence electrons. The van der Waals surface area contributed by atoms with E-state index in [9.17, 15) is 14.9 Å². The average molecular weight is 317 g/mol. The zero-order valence-corrected chi connectivity index (χ0v) is 12.4. The van der Waals surface area contributed by atoms with Gasteiger partial charge in [0.1, 0.15) is 11.6 Å². The van der Waals surface area contributed by atoms with E-state index in [1.54, 1.807) is 18.4 Å². The highest BCUT2D eigenvalue weighted by molar-refractivity contribution is 7.09. The lowest BCUT2D eigenvalue weighted by molar-refractivity contribution is -0.385. The van der Waals surface area contributed by atoms with Crippen molar-refractivity contribution in [2.45, 2.75) is 12.8 Å². The molecule has 1 aromatic carbocycles. The van der Waals surface area contributed by atoms with Crippen molar-refractivity contribution in [3.8, 4) is 11.8 Å². The molecular formula is C14H11N3O4S. The predicted octanol–water partition coefficient (Wildman–Crippen LogP) is 2.62. The number of hydrogen-bond acceptors (Lipinski definition) is 7. The molecular weight excluding hydrogens is 306 g/mol. The zero-order valence-electron chi connectivity index (χ0n) is 11.6. The molecule has 2 aromatic rings. The molecule has 0 saturated heterocycles. The van der Waals surface area contributed by atoms with Gasteiger partial charge in [-0.1, -0.05) is 12.1 Å². The fourth-order valence-corrected chi connectivity index (χ4v) is 2.59. The molecule has 0 bridgehead atoms. The smallest absolute Gasteiger partial charge is 0.310 e. The number of thiazole rings is 1. The van der Waals surface area contributed by atoms with Crippen LogP contribution in [0.4, 0.5) is 5.69 Å². The number of para-hydroxylation sites is 2. The van der Waals surface area contributed by atoms with Crippen LogP contribution in [0.5, 0.6) is 5.75 Å². The van der Waals surface area contributed by atoms with E-state index in [0.717, 1.165) is 5.69 Å². The molecule has 0 unspecified atom stereocenters. The minimum absolute atomic E-state index is 0.00661. The molecule has 0 amide bonds. The number of carbonyl (C=O) groups excluding carboxylic acids is 1. The van der Waals surface area contributed by atoms with Crippen molar-refractivity contribution in [1.29, 1.82) is 5.26 Å². The van der Waals surface area contributed by atoms with Gasteiger partial charge < -0.3 is 4.74 Å². The Morgan fingerprint density at radius 2 is 2.27 bits per heavy atom. The van der Waals surface area contributed by atoms with Crippen LogP contribution in [0.1, 0.15) is 16.6 Å². The number of nitro groups is 1. The first kappa shape index (κ1) is 15.6. The Balaban J connectivity index is 2.10. The number of nitro benzene ring substituents is 1. The first-order valence-electron chi connectivity index (χ1n) is 6.23. The molecule has 0 N–H and O–H groups in total. The van der Waals surface area contributed by atoms with E-state index >= 15 is 0 Å². The molecule has 0 aliphatic rings. The summed E-state index contributed by atoms with van der Waals surface area (Å²) >= 11 is 1.22. The molecule has 2 rings (SSSR count). The van der Waals surface area contributed by atoms with Crippen molar-refractivity contribution in [3.63, 3.8) is 0 Å². The number of nitrogens with zero attached hydrogens (tertiary/aromatic N) is 3. The van der Waals surface area contributed by atoms with Gasteiger partial charge in [0.2, 0.25) is 0 Å². The summed E-state index contributed by atoms with van der Waals surface area (Å²) in [6.45, 7) is 1.34. The van der Waals surface area contributed by atoms with Crippen LogP contribution >= 0.6 is 11.3 Å². The number of hydrogen-bond donors (Lipinski definition) is 0. The van der Waals surface area contributed by atoms with Crippen molar-refractivity contribution in [2.75, 3.05) is 6.61 Å². The van der Waals surface area contributed by atoms with Gasteiger partial charge in [0.15, 0.2) is 17.5 Å². The Morgan fingerprint density at radius 3 is 2.86 bits per heavy atom. The van der Waals surface area contributed by atoms with Crippen molar-refractivity contribution < 1.29 is 14.5 Å². The maximum absolute atomic E-state index is 12.1. The second kappa shape index (κ2) is 6.78. The third kappa shape index (κ3) is 3.45. The van der Waals surface area contributed by atoms with Crippen molar-refractivity contribution in [3.05, 3.63) is 50.5 Å². The van der Waals surface area contributed by atoms with E-state index < -0.39 is 23.2 Å². The molecule has 0 saturated carbocycles. The highest BCUT2D eigenvalue weighted by atomic mass is 32.1. The van der Waals surface area contributed by atoms with Crippen LogP contribution in [0.25, 0.3) is 0 Å². The minimum Gasteiger partial charge on any atom is -0.479 e. The third-order valence-electron chi connectivity index (χ3n) is 2.77. The lowest BCUT2D eigenvalue weighted by atomic mass is 10.1. The standard InChI is InChI=1S/C14H11N3O4S/c1-9-8-22-14(16-9)10(6-15)12(18)7-21-13-5-3-2-4-11(13)17(19)20/h2-5,8,10H,7H2,1H3/t10-/m1/s1. The summed E-state index contributed by atoms with van der Waals surface area (Å²) in [5, 5.41) is 22.1. The molecule has 8 heteroatoms. The van der Waals surface area contributed by atoms with E-state index in [2.05, 4.69) is 4.98 Å². The number of benzene rings is 1. The lowest BCUT2D eigenvalue weighted by Crippen LogP contribution is -2.19. The average Bonchev–Trinajstić information content (AvgIpc) is 2.92. The van der Waals surface area contributed by atoms with Gasteiger partial charge in [-0.3, -0.25) is 14.9 Å². The lowest BCUT2D eigenvalue weighted by Gasteiger charge is -2.08. The van der Waals surface area contributed by atoms with Crippen molar-refractivity contribution >= 4 is 22.8 Å². The quantitative estimate of drug-likeness (QED) is 0.599. The number of aromatic nitrogens is 1. The largest absolute Gasteiger partial charge is 0.479 e. The van der Waals surface area contributed by atoms with E-state index in [4.69, 9.17) is 10.00 Å². The molecule has 1 heterocycles. The van der Waals surface area contributed by atoms with Crippen molar-refractivity contribution in [1.82, 2.24) is 4.98 Å². The van der Waals surface area contributed by atoms with E-state index in [0.29, 0.717) is 5.01 Å². The Bertz CT molecular complexity index is 751. The summed E-state index contributed by atoms with van der Waals surface area (Å²) in [7, 11) is 0. The molecule has 0 fully saturated rings. The number of Topliss-reactive ketones (excluding diaryl/α,β-unsaturated/α-hetero) is 1. The summed E-state index contributed by atoms with van der Waals surface area (Å²) in [4.78, 5) is 26.5. The zero-order chi connectivity index (χ0) is 16.1. The van der Waals surface area contributed by atoms with Gasteiger partial charge in [-0.2, -0.15) is 5.26 Å². The van der Waals surface area contributed by atoms with Crippen LogP contribution in [-0.2, 0) is 4.79 Å². The number of ketones is 1. The Hall–Kier alpha value is -2.79. The van der Waals surface area contributed by atoms with Crippen LogP contribution in [-0.4, -0.2) is 22.3 Å². The SMILES string of the molecule is Cc1csc([C@H](C#N)C(=O)COc2ccccc2[N+](=O)[O-])n1. The number of ether oxygens (including phenoxy) is 1. The van der Waals surface area contributed by atoms with E-state index in [1.165, 1.54) is 29.5 Å². The van der Waals surface area contributed by atoms with Crippen LogP contribution < -0.4 is 4.74 Å². The number of nitriles is 1. The molecule has 22 heavy (non-hydrogen) atoms. The molecule has 7 nitrogen and oxygen atoms in total. The Morgan fingerprint density at radius 1 is 1.55 bits per heavy atom. The first-order chi connectivity index (χ1) is 10.5. The van der Waals surface area contributed by atoms with Gasteiger partial charge in [0.05, 0.1) is 11.0 Å². The summed E-state index contributed by atoms with van der Waals surface area (Å²) in [5.74, 6) is -1.52. The van der Waals surface area contributed by atoms with E-state index in [1.807, 2.05) is 6.07 Å². The normalized spacial score (nSPS) is 11.5. The van der Waals surface area contributed by atoms with Crippen LogP contribution in [0, 0.1) is 28.4 Å². The van der Waals surface area contributed by atoms with Crippen LogP contribution in [0.2, 0.25) is 0 Å². The molecule has 1 atom stereocenters. The topological polar surface area (TPSA) is 106 Å². The second-order valence-electron chi connectivity index (χ2n) is 4.37. The number of aryl methyl sites for hydroxylation is 1. The van der Waals surface area contributed by atoms with Gasteiger partial charge >= 0.3 is 5.69 Å². The van der Waals surface area contributed by atoms with Crippen molar-refractivity contribution in [2.24, 2.45) is 0 Å². The Labute approximate surface area is 129 Å². The fraction of sp³-hybridized carbons (Fsp3) is 0.214. The van der Waals surface area contributed by atoms with Gasteiger partial charge in [-0.25, -0.2) is 4.98 Å². The second-order valence-corrected chi connectivity index (χ2v) is 5.26. The van der Waals surface area contributed by atoms with Crippen LogP contribution in [0.15, 0.2) is 29.6 Å². The van der Waals surface area contributed by atoms with Gasteiger partial charge in [0.25, 0.3) is 0 Å². The number of carbonyl (C=O) groups is 1. The Kier molecular flexibility index (Phi) is 4.80. The maximum Gasteiger partial charge on any atom is 0.310 e. The summed E-state index contributed by atoms with van der Waals surface area (Å²) in [6.07, 6.45) is 0. The molecule has 1 aromatic heterocycles. The fourth-order valence-electron chi connectivity index (χ4n) is 1.73. The van der Waals surface area contributed by atoms with Gasteiger partial charge in [0, 0.05) is 17.1 Å². The van der Waals surface area contributed by atoms with Gasteiger partial charge in [-0.05, 0) is 13.0 Å². The maximum atomic E-state index is 12.1. The summed E-state index contributed by atoms with van der Waals surface area (Å²) < 4.78 is 5.21. The minimum atomic E-state index is -1.03. The number of rotatable bonds is 6.